The first-order valence-corrected chi connectivity index (χ1v) is 12.1. The Morgan fingerprint density at radius 1 is 1.15 bits per heavy atom. The van der Waals surface area contributed by atoms with E-state index < -0.39 is 0 Å². The highest BCUT2D eigenvalue weighted by Gasteiger charge is 2.15. The second-order valence-corrected chi connectivity index (χ2v) is 9.65. The van der Waals surface area contributed by atoms with Crippen LogP contribution in [0.4, 0.5) is 0 Å². The lowest BCUT2D eigenvalue weighted by atomic mass is 10.2. The predicted molar refractivity (Wildman–Crippen MR) is 137 cm³/mol. The van der Waals surface area contributed by atoms with Gasteiger partial charge >= 0.3 is 0 Å². The molecule has 0 N–H and O–H groups in total. The fraction of sp³-hybridized carbons (Fsp3) is 0.125. The van der Waals surface area contributed by atoms with Crippen molar-refractivity contribution in [2.75, 3.05) is 6.79 Å². The van der Waals surface area contributed by atoms with Gasteiger partial charge in [0, 0.05) is 4.47 Å². The molecule has 0 atom stereocenters. The summed E-state index contributed by atoms with van der Waals surface area (Å²) in [5, 5.41) is 5.23. The fourth-order valence-corrected chi connectivity index (χ4v) is 4.85. The van der Waals surface area contributed by atoms with Crippen molar-refractivity contribution in [3.8, 4) is 17.2 Å². The minimum atomic E-state index is -0.256. The first kappa shape index (κ1) is 22.9. The molecule has 7 nitrogen and oxygen atoms in total. The Morgan fingerprint density at radius 2 is 1.97 bits per heavy atom. The van der Waals surface area contributed by atoms with Gasteiger partial charge in [0.1, 0.15) is 12.4 Å². The molecule has 34 heavy (non-hydrogen) atoms. The minimum absolute atomic E-state index is 0.221. The van der Waals surface area contributed by atoms with E-state index in [2.05, 4.69) is 41.9 Å². The van der Waals surface area contributed by atoms with Crippen molar-refractivity contribution < 1.29 is 14.2 Å². The van der Waals surface area contributed by atoms with E-state index in [-0.39, 0.29) is 12.4 Å². The number of halogens is 3. The molecular weight excluding hydrogens is 590 g/mol. The summed E-state index contributed by atoms with van der Waals surface area (Å²) in [5.74, 6) is 2.39. The van der Waals surface area contributed by atoms with Crippen molar-refractivity contribution in [1.29, 1.82) is 0 Å². The lowest BCUT2D eigenvalue weighted by Crippen LogP contribution is -2.20. The van der Waals surface area contributed by atoms with Crippen LogP contribution in [-0.2, 0) is 6.61 Å². The summed E-state index contributed by atoms with van der Waals surface area (Å²) >= 11 is 13.4. The summed E-state index contributed by atoms with van der Waals surface area (Å²) < 4.78 is 19.4. The zero-order chi connectivity index (χ0) is 23.8. The highest BCUT2D eigenvalue weighted by atomic mass is 79.9. The number of ether oxygens (including phenoxy) is 3. The Labute approximate surface area is 216 Å². The Balaban J connectivity index is 1.38. The number of hydrogen-bond donors (Lipinski definition) is 0. The highest BCUT2D eigenvalue weighted by molar-refractivity contribution is 9.10. The summed E-state index contributed by atoms with van der Waals surface area (Å²) in [5.41, 5.74) is 1.97. The van der Waals surface area contributed by atoms with Crippen molar-refractivity contribution in [1.82, 2.24) is 9.66 Å². The number of rotatable bonds is 5. The van der Waals surface area contributed by atoms with Crippen LogP contribution in [-0.4, -0.2) is 22.7 Å². The van der Waals surface area contributed by atoms with Gasteiger partial charge in [-0.1, -0.05) is 33.6 Å². The van der Waals surface area contributed by atoms with Crippen LogP contribution in [0.5, 0.6) is 17.2 Å². The third-order valence-corrected chi connectivity index (χ3v) is 6.50. The van der Waals surface area contributed by atoms with Crippen LogP contribution >= 0.6 is 43.5 Å². The number of nitrogens with zero attached hydrogens (tertiary/aromatic N) is 3. The zero-order valence-electron chi connectivity index (χ0n) is 17.7. The van der Waals surface area contributed by atoms with E-state index >= 15 is 0 Å². The molecule has 0 radical (unpaired) electrons. The molecule has 2 heterocycles. The van der Waals surface area contributed by atoms with Gasteiger partial charge in [-0.25, -0.2) is 4.98 Å². The normalized spacial score (nSPS) is 12.6. The lowest BCUT2D eigenvalue weighted by Gasteiger charge is -2.11. The van der Waals surface area contributed by atoms with E-state index in [0.717, 1.165) is 15.8 Å². The number of hydrogen-bond acceptors (Lipinski definition) is 6. The summed E-state index contributed by atoms with van der Waals surface area (Å²) in [6.45, 7) is 2.25. The monoisotopic (exact) mass is 603 g/mol. The van der Waals surface area contributed by atoms with Crippen LogP contribution < -0.4 is 19.8 Å². The molecule has 0 spiro atoms. The summed E-state index contributed by atoms with van der Waals surface area (Å²) in [6, 6.07) is 14.5. The molecule has 10 heteroatoms. The number of aryl methyl sites for hydroxylation is 1. The summed E-state index contributed by atoms with van der Waals surface area (Å²) in [4.78, 5) is 17.4. The Hall–Kier alpha value is -2.88. The molecular formula is C24H16Br2ClN3O4. The zero-order valence-corrected chi connectivity index (χ0v) is 21.6. The maximum atomic E-state index is 12.9. The van der Waals surface area contributed by atoms with Crippen LogP contribution in [0.1, 0.15) is 17.0 Å². The first-order chi connectivity index (χ1) is 16.4. The standard InChI is InChI=1S/C24H16Br2ClN3O4/c1-13-29-20-4-3-16(25)9-17(20)24(31)30(13)28-10-15-6-18(26)23(19(27)7-15)32-11-14-2-5-21-22(8-14)34-12-33-21/h2-10H,11-12H2,1H3. The van der Waals surface area contributed by atoms with Crippen molar-refractivity contribution >= 4 is 60.6 Å². The van der Waals surface area contributed by atoms with Crippen LogP contribution in [0, 0.1) is 6.92 Å². The van der Waals surface area contributed by atoms with Crippen molar-refractivity contribution in [2.45, 2.75) is 13.5 Å². The molecule has 1 aliphatic heterocycles. The van der Waals surface area contributed by atoms with Crippen molar-refractivity contribution in [3.63, 3.8) is 0 Å². The van der Waals surface area contributed by atoms with Gasteiger partial charge in [0.25, 0.3) is 5.56 Å². The molecule has 5 rings (SSSR count). The maximum absolute atomic E-state index is 12.9. The average molecular weight is 606 g/mol. The van der Waals surface area contributed by atoms with Crippen molar-refractivity contribution in [2.24, 2.45) is 5.10 Å². The molecule has 0 fully saturated rings. The third-order valence-electron chi connectivity index (χ3n) is 5.13. The van der Waals surface area contributed by atoms with Gasteiger partial charge in [-0.2, -0.15) is 9.78 Å². The smallest absolute Gasteiger partial charge is 0.282 e. The van der Waals surface area contributed by atoms with E-state index in [1.54, 1.807) is 31.3 Å². The number of benzene rings is 3. The molecule has 0 saturated carbocycles. The molecule has 0 saturated heterocycles. The van der Waals surface area contributed by atoms with Crippen LogP contribution in [0.15, 0.2) is 67.4 Å². The Kier molecular flexibility index (Phi) is 6.33. The third kappa shape index (κ3) is 4.55. The quantitative estimate of drug-likeness (QED) is 0.258. The second kappa shape index (κ2) is 9.40. The Bertz CT molecular complexity index is 1500. The van der Waals surface area contributed by atoms with Gasteiger partial charge in [-0.15, -0.1) is 0 Å². The SMILES string of the molecule is Cc1nc2ccc(Br)cc2c(=O)n1N=Cc1cc(Cl)c(OCc2ccc3c(c2)OCO3)c(Br)c1. The topological polar surface area (TPSA) is 74.9 Å². The molecule has 4 aromatic rings. The largest absolute Gasteiger partial charge is 0.486 e. The molecule has 0 amide bonds. The van der Waals surface area contributed by atoms with E-state index in [1.165, 1.54) is 4.68 Å². The molecule has 0 bridgehead atoms. The van der Waals surface area contributed by atoms with Crippen molar-refractivity contribution in [3.05, 3.63) is 89.8 Å². The van der Waals surface area contributed by atoms with Gasteiger partial charge < -0.3 is 14.2 Å². The van der Waals surface area contributed by atoms with E-state index in [4.69, 9.17) is 25.8 Å². The second-order valence-electron chi connectivity index (χ2n) is 7.47. The molecule has 3 aromatic carbocycles. The fourth-order valence-electron chi connectivity index (χ4n) is 3.50. The van der Waals surface area contributed by atoms with E-state index in [9.17, 15) is 4.79 Å². The van der Waals surface area contributed by atoms with E-state index in [0.29, 0.717) is 49.9 Å². The average Bonchev–Trinajstić information content (AvgIpc) is 3.27. The first-order valence-electron chi connectivity index (χ1n) is 10.1. The highest BCUT2D eigenvalue weighted by Crippen LogP contribution is 2.36. The van der Waals surface area contributed by atoms with Gasteiger partial charge in [0.2, 0.25) is 6.79 Å². The molecule has 1 aliphatic rings. The van der Waals surface area contributed by atoms with Gasteiger partial charge in [0.15, 0.2) is 17.2 Å². The molecule has 0 aliphatic carbocycles. The van der Waals surface area contributed by atoms with Crippen LogP contribution in [0.25, 0.3) is 10.9 Å². The minimum Gasteiger partial charge on any atom is -0.486 e. The summed E-state index contributed by atoms with van der Waals surface area (Å²) in [6.07, 6.45) is 1.55. The maximum Gasteiger partial charge on any atom is 0.282 e. The van der Waals surface area contributed by atoms with Gasteiger partial charge in [-0.05, 0) is 76.4 Å². The number of aromatic nitrogens is 2. The number of fused-ring (bicyclic) bond motifs is 2. The Morgan fingerprint density at radius 3 is 2.79 bits per heavy atom. The van der Waals surface area contributed by atoms with Crippen LogP contribution in [0.2, 0.25) is 5.02 Å². The van der Waals surface area contributed by atoms with Gasteiger partial charge in [-0.3, -0.25) is 4.79 Å². The molecule has 0 unspecified atom stereocenters. The predicted octanol–water partition coefficient (Wildman–Crippen LogP) is 6.07. The summed E-state index contributed by atoms with van der Waals surface area (Å²) in [7, 11) is 0. The lowest BCUT2D eigenvalue weighted by molar-refractivity contribution is 0.174. The molecule has 1 aromatic heterocycles. The van der Waals surface area contributed by atoms with Crippen LogP contribution in [0.3, 0.4) is 0 Å². The van der Waals surface area contributed by atoms with E-state index in [1.807, 2.05) is 30.3 Å². The molecule has 172 valence electrons. The van der Waals surface area contributed by atoms with Gasteiger partial charge in [0.05, 0.1) is 26.6 Å².